The first-order valence-electron chi connectivity index (χ1n) is 5.80. The van der Waals surface area contributed by atoms with Crippen LogP contribution >= 0.6 is 0 Å². The lowest BCUT2D eigenvalue weighted by atomic mass is 10.2. The summed E-state index contributed by atoms with van der Waals surface area (Å²) in [7, 11) is 1.47. The zero-order valence-corrected chi connectivity index (χ0v) is 11.6. The van der Waals surface area contributed by atoms with E-state index in [1.165, 1.54) is 24.1 Å². The minimum atomic E-state index is -4.74. The number of ether oxygens (including phenoxy) is 2. The van der Waals surface area contributed by atoms with Gasteiger partial charge in [-0.3, -0.25) is 4.90 Å². The van der Waals surface area contributed by atoms with E-state index in [9.17, 15) is 18.0 Å². The second kappa shape index (κ2) is 5.60. The van der Waals surface area contributed by atoms with Crippen molar-refractivity contribution < 1.29 is 27.4 Å². The molecule has 0 aliphatic rings. The van der Waals surface area contributed by atoms with Crippen LogP contribution in [0.3, 0.4) is 0 Å². The van der Waals surface area contributed by atoms with E-state index in [0.717, 1.165) is 12.1 Å². The fourth-order valence-corrected chi connectivity index (χ4v) is 1.31. The van der Waals surface area contributed by atoms with Gasteiger partial charge in [0.2, 0.25) is 0 Å². The molecule has 0 heterocycles. The largest absolute Gasteiger partial charge is 0.573 e. The fourth-order valence-electron chi connectivity index (χ4n) is 1.31. The number of carbonyl (C=O) groups is 1. The van der Waals surface area contributed by atoms with Gasteiger partial charge in [-0.1, -0.05) is 0 Å². The van der Waals surface area contributed by atoms with Crippen LogP contribution in [0.15, 0.2) is 24.3 Å². The first-order chi connectivity index (χ1) is 8.98. The number of hydrogen-bond acceptors (Lipinski definition) is 3. The van der Waals surface area contributed by atoms with Crippen LogP contribution in [0.5, 0.6) is 5.75 Å². The van der Waals surface area contributed by atoms with E-state index in [1.54, 1.807) is 20.8 Å². The molecule has 0 bridgehead atoms. The molecule has 0 unspecified atom stereocenters. The third kappa shape index (κ3) is 5.38. The van der Waals surface area contributed by atoms with E-state index in [1.807, 2.05) is 0 Å². The molecule has 0 fully saturated rings. The molecular formula is C13H16F3NO3. The van der Waals surface area contributed by atoms with Crippen LogP contribution in [-0.4, -0.2) is 25.1 Å². The predicted octanol–water partition coefficient (Wildman–Crippen LogP) is 3.96. The highest BCUT2D eigenvalue weighted by molar-refractivity contribution is 5.87. The van der Waals surface area contributed by atoms with Crippen molar-refractivity contribution in [2.75, 3.05) is 11.9 Å². The molecule has 0 radical (unpaired) electrons. The molecule has 0 saturated carbocycles. The molecule has 0 atom stereocenters. The molecule has 0 aliphatic heterocycles. The van der Waals surface area contributed by atoms with Crippen LogP contribution < -0.4 is 9.64 Å². The number of halogens is 3. The molecule has 1 rings (SSSR count). The first kappa shape index (κ1) is 16.1. The molecule has 0 aromatic heterocycles. The number of benzene rings is 1. The Morgan fingerprint density at radius 1 is 1.10 bits per heavy atom. The molecule has 20 heavy (non-hydrogen) atoms. The van der Waals surface area contributed by atoms with Gasteiger partial charge < -0.3 is 9.47 Å². The van der Waals surface area contributed by atoms with E-state index in [0.29, 0.717) is 5.69 Å². The first-order valence-corrected chi connectivity index (χ1v) is 5.80. The smallest absolute Gasteiger partial charge is 0.443 e. The van der Waals surface area contributed by atoms with E-state index < -0.39 is 18.1 Å². The average Bonchev–Trinajstić information content (AvgIpc) is 2.24. The van der Waals surface area contributed by atoms with Crippen LogP contribution in [0, 0.1) is 0 Å². The number of alkyl halides is 3. The van der Waals surface area contributed by atoms with Crippen LogP contribution in [0.25, 0.3) is 0 Å². The molecule has 112 valence electrons. The van der Waals surface area contributed by atoms with Crippen molar-refractivity contribution in [3.8, 4) is 5.75 Å². The maximum atomic E-state index is 12.0. The summed E-state index contributed by atoms with van der Waals surface area (Å²) in [5.41, 5.74) is -0.251. The topological polar surface area (TPSA) is 38.8 Å². The summed E-state index contributed by atoms with van der Waals surface area (Å²) in [6, 6.07) is 4.93. The SMILES string of the molecule is CN(C(=O)OC(C)(C)C)c1ccc(OC(F)(F)F)cc1. The van der Waals surface area contributed by atoms with Crippen molar-refractivity contribution in [1.29, 1.82) is 0 Å². The summed E-state index contributed by atoms with van der Waals surface area (Å²) in [5, 5.41) is 0. The zero-order chi connectivity index (χ0) is 15.6. The lowest BCUT2D eigenvalue weighted by molar-refractivity contribution is -0.274. The number of amides is 1. The van der Waals surface area contributed by atoms with Gasteiger partial charge in [-0.2, -0.15) is 0 Å². The van der Waals surface area contributed by atoms with Crippen molar-refractivity contribution in [2.24, 2.45) is 0 Å². The number of rotatable bonds is 2. The van der Waals surface area contributed by atoms with E-state index in [4.69, 9.17) is 4.74 Å². The maximum Gasteiger partial charge on any atom is 0.573 e. The Balaban J connectivity index is 2.75. The van der Waals surface area contributed by atoms with Crippen molar-refractivity contribution in [3.63, 3.8) is 0 Å². The number of carbonyl (C=O) groups excluding carboxylic acids is 1. The van der Waals surface area contributed by atoms with Crippen LogP contribution in [0.1, 0.15) is 20.8 Å². The highest BCUT2D eigenvalue weighted by Crippen LogP contribution is 2.25. The number of anilines is 1. The number of hydrogen-bond donors (Lipinski definition) is 0. The van der Waals surface area contributed by atoms with Crippen LogP contribution in [0.4, 0.5) is 23.7 Å². The molecule has 7 heteroatoms. The molecular weight excluding hydrogens is 275 g/mol. The minimum absolute atomic E-state index is 0.348. The minimum Gasteiger partial charge on any atom is -0.443 e. The van der Waals surface area contributed by atoms with Crippen LogP contribution in [0.2, 0.25) is 0 Å². The Kier molecular flexibility index (Phi) is 4.52. The summed E-state index contributed by atoms with van der Waals surface area (Å²) >= 11 is 0. The Morgan fingerprint density at radius 3 is 2.00 bits per heavy atom. The zero-order valence-electron chi connectivity index (χ0n) is 11.6. The molecule has 1 aromatic rings. The fraction of sp³-hybridized carbons (Fsp3) is 0.462. The normalized spacial score (nSPS) is 11.9. The Hall–Kier alpha value is -1.92. The monoisotopic (exact) mass is 291 g/mol. The lowest BCUT2D eigenvalue weighted by Crippen LogP contribution is -2.34. The van der Waals surface area contributed by atoms with Crippen molar-refractivity contribution in [3.05, 3.63) is 24.3 Å². The van der Waals surface area contributed by atoms with Gasteiger partial charge in [0.25, 0.3) is 0 Å². The lowest BCUT2D eigenvalue weighted by Gasteiger charge is -2.24. The van der Waals surface area contributed by atoms with Crippen molar-refractivity contribution in [2.45, 2.75) is 32.7 Å². The van der Waals surface area contributed by atoms with Gasteiger partial charge in [-0.05, 0) is 45.0 Å². The summed E-state index contributed by atoms with van der Waals surface area (Å²) in [4.78, 5) is 13.0. The molecule has 0 saturated heterocycles. The van der Waals surface area contributed by atoms with Gasteiger partial charge in [0.15, 0.2) is 0 Å². The summed E-state index contributed by atoms with van der Waals surface area (Å²) in [6.45, 7) is 5.16. The summed E-state index contributed by atoms with van der Waals surface area (Å²) < 4.78 is 44.9. The van der Waals surface area contributed by atoms with E-state index >= 15 is 0 Å². The van der Waals surface area contributed by atoms with Gasteiger partial charge in [0.05, 0.1) is 0 Å². The quantitative estimate of drug-likeness (QED) is 0.828. The van der Waals surface area contributed by atoms with Crippen molar-refractivity contribution in [1.82, 2.24) is 0 Å². The molecule has 0 N–H and O–H groups in total. The molecule has 0 aliphatic carbocycles. The molecule has 4 nitrogen and oxygen atoms in total. The Bertz CT molecular complexity index is 463. The van der Waals surface area contributed by atoms with Crippen LogP contribution in [-0.2, 0) is 4.74 Å². The highest BCUT2D eigenvalue weighted by Gasteiger charge is 2.31. The van der Waals surface area contributed by atoms with Crippen molar-refractivity contribution >= 4 is 11.8 Å². The predicted molar refractivity (Wildman–Crippen MR) is 67.8 cm³/mol. The van der Waals surface area contributed by atoms with Gasteiger partial charge >= 0.3 is 12.5 Å². The summed E-state index contributed by atoms with van der Waals surface area (Å²) in [6.07, 6.45) is -5.33. The second-order valence-electron chi connectivity index (χ2n) is 5.08. The third-order valence-corrected chi connectivity index (χ3v) is 2.12. The summed E-state index contributed by atoms with van der Waals surface area (Å²) in [5.74, 6) is -0.348. The van der Waals surface area contributed by atoms with Gasteiger partial charge in [0.1, 0.15) is 11.4 Å². The molecule has 0 spiro atoms. The molecule has 1 amide bonds. The molecule has 1 aromatic carbocycles. The Morgan fingerprint density at radius 2 is 1.60 bits per heavy atom. The standard InChI is InChI=1S/C13H16F3NO3/c1-12(2,3)20-11(18)17(4)9-5-7-10(8-6-9)19-13(14,15)16/h5-8H,1-4H3. The van der Waals surface area contributed by atoms with Gasteiger partial charge in [-0.25, -0.2) is 4.79 Å². The Labute approximate surface area is 115 Å². The van der Waals surface area contributed by atoms with Gasteiger partial charge in [0, 0.05) is 12.7 Å². The number of nitrogens with zero attached hydrogens (tertiary/aromatic N) is 1. The highest BCUT2D eigenvalue weighted by atomic mass is 19.4. The second-order valence-corrected chi connectivity index (χ2v) is 5.08. The average molecular weight is 291 g/mol. The van der Waals surface area contributed by atoms with E-state index in [-0.39, 0.29) is 5.75 Å². The van der Waals surface area contributed by atoms with E-state index in [2.05, 4.69) is 4.74 Å². The maximum absolute atomic E-state index is 12.0. The third-order valence-electron chi connectivity index (χ3n) is 2.12. The van der Waals surface area contributed by atoms with Gasteiger partial charge in [-0.15, -0.1) is 13.2 Å².